The lowest BCUT2D eigenvalue weighted by molar-refractivity contribution is 0.0652. The zero-order chi connectivity index (χ0) is 18.1. The second-order valence-electron chi connectivity index (χ2n) is 6.76. The van der Waals surface area contributed by atoms with E-state index in [1.54, 1.807) is 18.2 Å². The van der Waals surface area contributed by atoms with Gasteiger partial charge in [-0.1, -0.05) is 31.0 Å². The fourth-order valence-electron chi connectivity index (χ4n) is 3.69. The van der Waals surface area contributed by atoms with E-state index in [1.807, 2.05) is 30.0 Å². The summed E-state index contributed by atoms with van der Waals surface area (Å²) >= 11 is 0. The van der Waals surface area contributed by atoms with Crippen molar-refractivity contribution in [2.45, 2.75) is 38.6 Å². The maximum absolute atomic E-state index is 13.4. The molecule has 4 rings (SSSR count). The van der Waals surface area contributed by atoms with Gasteiger partial charge < -0.3 is 9.32 Å². The van der Waals surface area contributed by atoms with Crippen LogP contribution in [0.3, 0.4) is 0 Å². The number of fused-ring (bicyclic) bond motifs is 1. The zero-order valence-electron chi connectivity index (χ0n) is 14.7. The average Bonchev–Trinajstić information content (AvgIpc) is 2.94. The van der Waals surface area contributed by atoms with Crippen LogP contribution in [0.2, 0.25) is 0 Å². The summed E-state index contributed by atoms with van der Waals surface area (Å²) in [6.45, 7) is 2.56. The Morgan fingerprint density at radius 3 is 2.73 bits per heavy atom. The fourth-order valence-corrected chi connectivity index (χ4v) is 3.69. The number of nitrogens with one attached hydrogen (secondary N) is 1. The molecule has 1 aromatic carbocycles. The molecule has 6 heteroatoms. The molecule has 0 unspecified atom stereocenters. The summed E-state index contributed by atoms with van der Waals surface area (Å²) in [5.74, 6) is 1.48. The predicted molar refractivity (Wildman–Crippen MR) is 98.1 cm³/mol. The van der Waals surface area contributed by atoms with Crippen LogP contribution in [0.4, 0.5) is 0 Å². The predicted octanol–water partition coefficient (Wildman–Crippen LogP) is 3.58. The number of hydrogen-bond acceptors (Lipinski definition) is 4. The van der Waals surface area contributed by atoms with E-state index >= 15 is 0 Å². The van der Waals surface area contributed by atoms with Gasteiger partial charge in [0.1, 0.15) is 11.5 Å². The van der Waals surface area contributed by atoms with E-state index in [0.717, 1.165) is 37.2 Å². The number of amides is 1. The molecule has 1 N–H and O–H groups in total. The quantitative estimate of drug-likeness (QED) is 0.765. The molecule has 0 spiro atoms. The van der Waals surface area contributed by atoms with Crippen LogP contribution < -0.4 is 5.56 Å². The monoisotopic (exact) mass is 351 g/mol. The van der Waals surface area contributed by atoms with Crippen molar-refractivity contribution in [3.8, 4) is 0 Å². The van der Waals surface area contributed by atoms with Crippen molar-refractivity contribution in [1.82, 2.24) is 15.1 Å². The third-order valence-electron chi connectivity index (χ3n) is 5.00. The van der Waals surface area contributed by atoms with Crippen molar-refractivity contribution >= 4 is 16.7 Å². The van der Waals surface area contributed by atoms with E-state index in [2.05, 4.69) is 10.2 Å². The summed E-state index contributed by atoms with van der Waals surface area (Å²) in [5.41, 5.74) is 0.00149. The van der Waals surface area contributed by atoms with Gasteiger partial charge >= 0.3 is 0 Å². The summed E-state index contributed by atoms with van der Waals surface area (Å²) in [6.07, 6.45) is 3.94. The molecule has 1 saturated heterocycles. The molecule has 1 aliphatic heterocycles. The Morgan fingerprint density at radius 2 is 1.96 bits per heavy atom. The minimum atomic E-state index is -0.286. The van der Waals surface area contributed by atoms with Crippen LogP contribution >= 0.6 is 0 Å². The maximum Gasteiger partial charge on any atom is 0.275 e. The first-order chi connectivity index (χ1) is 12.6. The lowest BCUT2D eigenvalue weighted by Gasteiger charge is -2.28. The number of likely N-dealkylation sites (tertiary alicyclic amines) is 1. The fraction of sp³-hybridized carbons (Fsp3) is 0.350. The van der Waals surface area contributed by atoms with Crippen LogP contribution in [0.1, 0.15) is 53.7 Å². The first-order valence-corrected chi connectivity index (χ1v) is 9.00. The number of hydrogen-bond donors (Lipinski definition) is 1. The van der Waals surface area contributed by atoms with E-state index in [1.165, 1.54) is 0 Å². The highest BCUT2D eigenvalue weighted by Gasteiger charge is 2.31. The number of carbonyl (C=O) groups is 1. The molecule has 3 heterocycles. The van der Waals surface area contributed by atoms with Gasteiger partial charge in [0.2, 0.25) is 0 Å². The highest BCUT2D eigenvalue weighted by molar-refractivity contribution is 6.04. The number of aryl methyl sites for hydroxylation is 1. The van der Waals surface area contributed by atoms with Gasteiger partial charge in [-0.25, -0.2) is 5.10 Å². The summed E-state index contributed by atoms with van der Waals surface area (Å²) in [6, 6.07) is 10.9. The summed E-state index contributed by atoms with van der Waals surface area (Å²) in [7, 11) is 0. The average molecular weight is 351 g/mol. The largest absolute Gasteiger partial charge is 0.464 e. The number of H-pyrrole nitrogens is 1. The Balaban J connectivity index is 1.78. The molecule has 6 nitrogen and oxygen atoms in total. The van der Waals surface area contributed by atoms with Gasteiger partial charge in [-0.3, -0.25) is 9.59 Å². The van der Waals surface area contributed by atoms with Crippen LogP contribution in [0.25, 0.3) is 10.8 Å². The van der Waals surface area contributed by atoms with Gasteiger partial charge in [-0.2, -0.15) is 5.10 Å². The van der Waals surface area contributed by atoms with Crippen molar-refractivity contribution < 1.29 is 9.21 Å². The van der Waals surface area contributed by atoms with E-state index in [4.69, 9.17) is 4.42 Å². The molecule has 1 fully saturated rings. The third kappa shape index (κ3) is 2.92. The molecule has 134 valence electrons. The van der Waals surface area contributed by atoms with Crippen LogP contribution in [0.5, 0.6) is 0 Å². The van der Waals surface area contributed by atoms with E-state index in [0.29, 0.717) is 17.3 Å². The zero-order valence-corrected chi connectivity index (χ0v) is 14.7. The Kier molecular flexibility index (Phi) is 4.32. The van der Waals surface area contributed by atoms with Crippen LogP contribution in [-0.4, -0.2) is 27.5 Å². The van der Waals surface area contributed by atoms with Gasteiger partial charge in [0, 0.05) is 11.9 Å². The van der Waals surface area contributed by atoms with E-state index in [9.17, 15) is 9.59 Å². The SMILES string of the molecule is Cc1ccc([C@@H]2CCCCCN2C(=O)c2n[nH]c(=O)c3ccccc23)o1. The first-order valence-electron chi connectivity index (χ1n) is 9.00. The standard InChI is InChI=1S/C20H21N3O3/c1-13-10-11-17(26-13)16-9-3-2-6-12-23(16)20(25)18-14-7-4-5-8-15(14)19(24)22-21-18/h4-5,7-8,10-11,16H,2-3,6,9,12H2,1H3,(H,22,24)/t16-/m0/s1. The Hall–Kier alpha value is -2.89. The molecule has 2 aromatic heterocycles. The number of aromatic amines is 1. The van der Waals surface area contributed by atoms with Gasteiger partial charge in [-0.05, 0) is 38.0 Å². The minimum Gasteiger partial charge on any atom is -0.464 e. The number of benzene rings is 1. The van der Waals surface area contributed by atoms with Gasteiger partial charge in [0.05, 0.1) is 11.4 Å². The Bertz CT molecular complexity index is 1000. The summed E-state index contributed by atoms with van der Waals surface area (Å²) < 4.78 is 5.83. The van der Waals surface area contributed by atoms with Crippen LogP contribution in [0, 0.1) is 6.92 Å². The van der Waals surface area contributed by atoms with Gasteiger partial charge in [-0.15, -0.1) is 0 Å². The molecular weight excluding hydrogens is 330 g/mol. The number of carbonyl (C=O) groups excluding carboxylic acids is 1. The highest BCUT2D eigenvalue weighted by Crippen LogP contribution is 2.32. The van der Waals surface area contributed by atoms with Gasteiger partial charge in [0.25, 0.3) is 11.5 Å². The molecule has 0 aliphatic carbocycles. The smallest absolute Gasteiger partial charge is 0.275 e. The number of nitrogens with zero attached hydrogens (tertiary/aromatic N) is 2. The van der Waals surface area contributed by atoms with E-state index in [-0.39, 0.29) is 23.2 Å². The van der Waals surface area contributed by atoms with Gasteiger partial charge in [0.15, 0.2) is 5.69 Å². The van der Waals surface area contributed by atoms with Crippen molar-refractivity contribution in [1.29, 1.82) is 0 Å². The molecular formula is C20H21N3O3. The summed E-state index contributed by atoms with van der Waals surface area (Å²) in [4.78, 5) is 27.2. The second kappa shape index (κ2) is 6.78. The maximum atomic E-state index is 13.4. The van der Waals surface area contributed by atoms with Crippen molar-refractivity contribution in [2.75, 3.05) is 6.54 Å². The van der Waals surface area contributed by atoms with Crippen molar-refractivity contribution in [2.24, 2.45) is 0 Å². The number of rotatable bonds is 2. The minimum absolute atomic E-state index is 0.105. The Labute approximate surface area is 150 Å². The summed E-state index contributed by atoms with van der Waals surface area (Å²) in [5, 5.41) is 7.61. The highest BCUT2D eigenvalue weighted by atomic mass is 16.3. The van der Waals surface area contributed by atoms with Crippen molar-refractivity contribution in [3.05, 3.63) is 64.0 Å². The molecule has 3 aromatic rings. The second-order valence-corrected chi connectivity index (χ2v) is 6.76. The van der Waals surface area contributed by atoms with E-state index < -0.39 is 0 Å². The lowest BCUT2D eigenvalue weighted by atomic mass is 10.1. The molecule has 0 saturated carbocycles. The normalized spacial score (nSPS) is 18.0. The number of furan rings is 1. The number of aromatic nitrogens is 2. The molecule has 0 radical (unpaired) electrons. The molecule has 1 aliphatic rings. The molecule has 26 heavy (non-hydrogen) atoms. The first kappa shape index (κ1) is 16.6. The lowest BCUT2D eigenvalue weighted by Crippen LogP contribution is -2.36. The molecule has 1 atom stereocenters. The van der Waals surface area contributed by atoms with Crippen molar-refractivity contribution in [3.63, 3.8) is 0 Å². The Morgan fingerprint density at radius 1 is 1.15 bits per heavy atom. The topological polar surface area (TPSA) is 79.2 Å². The van der Waals surface area contributed by atoms with Crippen LogP contribution in [0.15, 0.2) is 45.6 Å². The molecule has 1 amide bonds. The third-order valence-corrected chi connectivity index (χ3v) is 5.00. The van der Waals surface area contributed by atoms with Crippen LogP contribution in [-0.2, 0) is 0 Å². The molecule has 0 bridgehead atoms.